The van der Waals surface area contributed by atoms with Crippen LogP contribution in [0, 0.1) is 0 Å². The van der Waals surface area contributed by atoms with E-state index in [-0.39, 0.29) is 16.3 Å². The van der Waals surface area contributed by atoms with Crippen LogP contribution in [0.15, 0.2) is 47.4 Å². The first-order valence-electron chi connectivity index (χ1n) is 5.68. The highest BCUT2D eigenvalue weighted by molar-refractivity contribution is 7.92. The molecule has 0 spiro atoms. The van der Waals surface area contributed by atoms with Crippen molar-refractivity contribution in [1.29, 1.82) is 0 Å². The number of sulfonamides is 1. The fraction of sp³-hybridized carbons (Fsp3) is 0.0769. The minimum Gasteiger partial charge on any atom is -0.506 e. The molecule has 0 aliphatic heterocycles. The molecule has 0 saturated heterocycles. The third-order valence-corrected chi connectivity index (χ3v) is 4.03. The largest absolute Gasteiger partial charge is 0.506 e. The van der Waals surface area contributed by atoms with Gasteiger partial charge in [-0.05, 0) is 42.5 Å². The van der Waals surface area contributed by atoms with Gasteiger partial charge in [-0.3, -0.25) is 4.72 Å². The molecule has 0 atom stereocenters. The van der Waals surface area contributed by atoms with Crippen molar-refractivity contribution >= 4 is 21.4 Å². The lowest BCUT2D eigenvalue weighted by atomic mass is 10.3. The summed E-state index contributed by atoms with van der Waals surface area (Å²) in [6.45, 7) is 0. The van der Waals surface area contributed by atoms with Crippen molar-refractivity contribution in [3.8, 4) is 11.5 Å². The molecule has 0 aliphatic rings. The van der Waals surface area contributed by atoms with E-state index in [2.05, 4.69) is 4.72 Å². The molecule has 2 rings (SSSR count). The minimum atomic E-state index is -3.75. The predicted octanol–water partition coefficient (Wildman–Crippen LogP) is 1.78. The fourth-order valence-electron chi connectivity index (χ4n) is 1.57. The van der Waals surface area contributed by atoms with Gasteiger partial charge in [0.15, 0.2) is 0 Å². The molecule has 0 fully saturated rings. The lowest BCUT2D eigenvalue weighted by Crippen LogP contribution is -2.13. The summed E-state index contributed by atoms with van der Waals surface area (Å²) in [5, 5.41) is 9.30. The predicted molar refractivity (Wildman–Crippen MR) is 76.3 cm³/mol. The molecule has 0 amide bonds. The van der Waals surface area contributed by atoms with Crippen LogP contribution in [0.25, 0.3) is 0 Å². The monoisotopic (exact) mass is 294 g/mol. The van der Waals surface area contributed by atoms with Crippen molar-refractivity contribution in [3.05, 3.63) is 42.5 Å². The third kappa shape index (κ3) is 2.94. The third-order valence-electron chi connectivity index (χ3n) is 2.65. The summed E-state index contributed by atoms with van der Waals surface area (Å²) in [6, 6.07) is 10.2. The van der Waals surface area contributed by atoms with Gasteiger partial charge in [0.1, 0.15) is 11.5 Å². The lowest BCUT2D eigenvalue weighted by molar-refractivity contribution is 0.415. The minimum absolute atomic E-state index is 0.00241. The molecule has 0 aromatic heterocycles. The summed E-state index contributed by atoms with van der Waals surface area (Å²) in [4.78, 5) is -0.0244. The number of hydrogen-bond donors (Lipinski definition) is 3. The number of nitrogen functional groups attached to an aromatic ring is 1. The van der Waals surface area contributed by atoms with Crippen LogP contribution in [0.4, 0.5) is 11.4 Å². The molecule has 7 heteroatoms. The van der Waals surface area contributed by atoms with E-state index in [0.29, 0.717) is 11.4 Å². The molecule has 0 saturated carbocycles. The van der Waals surface area contributed by atoms with Gasteiger partial charge >= 0.3 is 0 Å². The Bertz CT molecular complexity index is 712. The summed E-state index contributed by atoms with van der Waals surface area (Å²) in [6.07, 6.45) is 0. The van der Waals surface area contributed by atoms with Gasteiger partial charge in [-0.15, -0.1) is 0 Å². The Balaban J connectivity index is 2.27. The molecule has 20 heavy (non-hydrogen) atoms. The molecule has 2 aromatic rings. The number of benzene rings is 2. The number of nitrogens with two attached hydrogens (primary N) is 1. The highest BCUT2D eigenvalue weighted by Crippen LogP contribution is 2.25. The van der Waals surface area contributed by atoms with E-state index in [0.717, 1.165) is 0 Å². The summed E-state index contributed by atoms with van der Waals surface area (Å²) in [7, 11) is -2.23. The zero-order valence-corrected chi connectivity index (χ0v) is 11.5. The van der Waals surface area contributed by atoms with Crippen LogP contribution in [0.3, 0.4) is 0 Å². The summed E-state index contributed by atoms with van der Waals surface area (Å²) < 4.78 is 31.7. The first-order chi connectivity index (χ1) is 9.42. The van der Waals surface area contributed by atoms with Crippen molar-refractivity contribution in [3.63, 3.8) is 0 Å². The van der Waals surface area contributed by atoms with Crippen LogP contribution in [-0.2, 0) is 10.0 Å². The number of ether oxygens (including phenoxy) is 1. The quantitative estimate of drug-likeness (QED) is 0.589. The number of phenols is 1. The molecule has 0 bridgehead atoms. The average molecular weight is 294 g/mol. The van der Waals surface area contributed by atoms with Gasteiger partial charge in [0, 0.05) is 5.69 Å². The number of phenolic OH excluding ortho intramolecular Hbond substituents is 1. The van der Waals surface area contributed by atoms with Crippen LogP contribution in [-0.4, -0.2) is 20.6 Å². The molecule has 0 aliphatic carbocycles. The molecule has 0 radical (unpaired) electrons. The van der Waals surface area contributed by atoms with Crippen LogP contribution in [0.1, 0.15) is 0 Å². The zero-order valence-electron chi connectivity index (χ0n) is 10.7. The van der Waals surface area contributed by atoms with Crippen LogP contribution >= 0.6 is 0 Å². The number of nitrogens with one attached hydrogen (secondary N) is 1. The van der Waals surface area contributed by atoms with Gasteiger partial charge < -0.3 is 15.6 Å². The molecule has 106 valence electrons. The van der Waals surface area contributed by atoms with E-state index >= 15 is 0 Å². The average Bonchev–Trinajstić information content (AvgIpc) is 2.42. The topological polar surface area (TPSA) is 102 Å². The van der Waals surface area contributed by atoms with Crippen LogP contribution in [0.5, 0.6) is 11.5 Å². The van der Waals surface area contributed by atoms with Gasteiger partial charge in [-0.25, -0.2) is 8.42 Å². The molecular formula is C13H14N2O4S. The molecule has 0 unspecified atom stereocenters. The van der Waals surface area contributed by atoms with E-state index in [4.69, 9.17) is 10.5 Å². The maximum atomic E-state index is 12.1. The number of rotatable bonds is 4. The van der Waals surface area contributed by atoms with Crippen LogP contribution < -0.4 is 15.2 Å². The van der Waals surface area contributed by atoms with E-state index in [1.165, 1.54) is 25.3 Å². The van der Waals surface area contributed by atoms with E-state index in [1.54, 1.807) is 24.3 Å². The van der Waals surface area contributed by atoms with E-state index in [9.17, 15) is 13.5 Å². The lowest BCUT2D eigenvalue weighted by Gasteiger charge is -2.09. The maximum Gasteiger partial charge on any atom is 0.261 e. The Labute approximate surface area is 116 Å². The molecule has 6 nitrogen and oxygen atoms in total. The van der Waals surface area contributed by atoms with Gasteiger partial charge in [0.2, 0.25) is 0 Å². The Morgan fingerprint density at radius 3 is 2.35 bits per heavy atom. The molecular weight excluding hydrogens is 280 g/mol. The van der Waals surface area contributed by atoms with Crippen molar-refractivity contribution < 1.29 is 18.3 Å². The second kappa shape index (κ2) is 5.30. The highest BCUT2D eigenvalue weighted by atomic mass is 32.2. The van der Waals surface area contributed by atoms with Gasteiger partial charge in [0.05, 0.1) is 17.7 Å². The van der Waals surface area contributed by atoms with Crippen LogP contribution in [0.2, 0.25) is 0 Å². The molecule has 2 aromatic carbocycles. The van der Waals surface area contributed by atoms with Gasteiger partial charge in [-0.2, -0.15) is 0 Å². The summed E-state index contributed by atoms with van der Waals surface area (Å²) >= 11 is 0. The number of aromatic hydroxyl groups is 1. The van der Waals surface area contributed by atoms with Gasteiger partial charge in [-0.1, -0.05) is 0 Å². The number of anilines is 2. The number of methoxy groups -OCH3 is 1. The van der Waals surface area contributed by atoms with Crippen molar-refractivity contribution in [2.75, 3.05) is 17.6 Å². The first-order valence-corrected chi connectivity index (χ1v) is 7.16. The SMILES string of the molecule is COc1ccc(NS(=O)(=O)c2ccc(O)c(N)c2)cc1. The normalized spacial score (nSPS) is 11.1. The second-order valence-corrected chi connectivity index (χ2v) is 5.74. The summed E-state index contributed by atoms with van der Waals surface area (Å²) in [5.74, 6) is 0.468. The Hall–Kier alpha value is -2.41. The van der Waals surface area contributed by atoms with Crippen molar-refractivity contribution in [1.82, 2.24) is 0 Å². The number of hydrogen-bond acceptors (Lipinski definition) is 5. The first kappa shape index (κ1) is 14.0. The Morgan fingerprint density at radius 1 is 1.15 bits per heavy atom. The van der Waals surface area contributed by atoms with E-state index < -0.39 is 10.0 Å². The molecule has 4 N–H and O–H groups in total. The Kier molecular flexibility index (Phi) is 3.71. The Morgan fingerprint density at radius 2 is 1.80 bits per heavy atom. The summed E-state index contributed by atoms with van der Waals surface area (Å²) in [5.41, 5.74) is 5.89. The zero-order chi connectivity index (χ0) is 14.8. The van der Waals surface area contributed by atoms with Crippen molar-refractivity contribution in [2.24, 2.45) is 0 Å². The smallest absolute Gasteiger partial charge is 0.261 e. The highest BCUT2D eigenvalue weighted by Gasteiger charge is 2.15. The second-order valence-electron chi connectivity index (χ2n) is 4.05. The standard InChI is InChI=1S/C13H14N2O4S/c1-19-10-4-2-9(3-5-10)15-20(17,18)11-6-7-13(16)12(14)8-11/h2-8,15-16H,14H2,1H3. The molecule has 0 heterocycles. The van der Waals surface area contributed by atoms with E-state index in [1.807, 2.05) is 0 Å². The fourth-order valence-corrected chi connectivity index (χ4v) is 2.67. The maximum absolute atomic E-state index is 12.1. The van der Waals surface area contributed by atoms with Crippen molar-refractivity contribution in [2.45, 2.75) is 4.90 Å². The van der Waals surface area contributed by atoms with Gasteiger partial charge in [0.25, 0.3) is 10.0 Å².